The SMILES string of the molecule is CC(C)(C)CC(=O)N1CC2C([C@H]1C(=O)NC(C#N)CC1(F)C(=O)Nc3ccccc31)C2(C)C. The number of amides is 3. The van der Waals surface area contributed by atoms with E-state index in [1.807, 2.05) is 26.8 Å². The van der Waals surface area contributed by atoms with Gasteiger partial charge in [0.1, 0.15) is 12.1 Å². The number of piperidine rings is 1. The van der Waals surface area contributed by atoms with E-state index in [2.05, 4.69) is 24.5 Å². The Morgan fingerprint density at radius 3 is 2.64 bits per heavy atom. The van der Waals surface area contributed by atoms with E-state index in [0.717, 1.165) is 0 Å². The van der Waals surface area contributed by atoms with E-state index in [1.54, 1.807) is 23.1 Å². The fourth-order valence-corrected chi connectivity index (χ4v) is 5.55. The van der Waals surface area contributed by atoms with Crippen molar-refractivity contribution in [1.29, 1.82) is 5.26 Å². The lowest BCUT2D eigenvalue weighted by Gasteiger charge is -2.33. The summed E-state index contributed by atoms with van der Waals surface area (Å²) < 4.78 is 15.8. The smallest absolute Gasteiger partial charge is 0.266 e. The molecule has 0 radical (unpaired) electrons. The number of nitrogens with one attached hydrogen (secondary N) is 2. The number of anilines is 1. The Labute approximate surface area is 193 Å². The highest BCUT2D eigenvalue weighted by Gasteiger charge is 2.69. The number of hydrogen-bond donors (Lipinski definition) is 2. The number of nitriles is 1. The van der Waals surface area contributed by atoms with Crippen molar-refractivity contribution in [3.63, 3.8) is 0 Å². The van der Waals surface area contributed by atoms with Gasteiger partial charge in [-0.25, -0.2) is 4.39 Å². The first-order chi connectivity index (χ1) is 15.3. The fourth-order valence-electron chi connectivity index (χ4n) is 5.55. The molecule has 4 rings (SSSR count). The molecular formula is C25H31FN4O3. The van der Waals surface area contributed by atoms with Gasteiger partial charge in [0.25, 0.3) is 5.91 Å². The standard InChI is InChI=1S/C25H31FN4O3/c1-23(2,3)11-18(31)30-13-16-19(24(16,4)5)20(30)21(32)28-14(12-27)10-25(26)15-8-6-7-9-17(15)29-22(25)33/h6-9,14,16,19-20H,10-11,13H2,1-5H3,(H,28,32)(H,29,33)/t14?,16?,19?,20-,25?/m0/s1. The van der Waals surface area contributed by atoms with Gasteiger partial charge in [-0.15, -0.1) is 0 Å². The van der Waals surface area contributed by atoms with E-state index in [-0.39, 0.29) is 34.1 Å². The summed E-state index contributed by atoms with van der Waals surface area (Å²) in [6, 6.07) is 6.43. The van der Waals surface area contributed by atoms with Crippen LogP contribution in [-0.2, 0) is 20.1 Å². The predicted molar refractivity (Wildman–Crippen MR) is 120 cm³/mol. The second-order valence-electron chi connectivity index (χ2n) is 11.4. The molecular weight excluding hydrogens is 423 g/mol. The van der Waals surface area contributed by atoms with Crippen molar-refractivity contribution in [2.24, 2.45) is 22.7 Å². The maximum absolute atomic E-state index is 15.8. The molecule has 2 heterocycles. The quantitative estimate of drug-likeness (QED) is 0.714. The number of para-hydroxylation sites is 1. The second kappa shape index (κ2) is 7.54. The van der Waals surface area contributed by atoms with Gasteiger partial charge in [0.05, 0.1) is 6.07 Å². The molecule has 1 aromatic carbocycles. The Bertz CT molecular complexity index is 1060. The van der Waals surface area contributed by atoms with Gasteiger partial charge in [-0.1, -0.05) is 52.8 Å². The van der Waals surface area contributed by atoms with Gasteiger partial charge in [-0.2, -0.15) is 5.26 Å². The van der Waals surface area contributed by atoms with E-state index in [1.165, 1.54) is 6.07 Å². The maximum atomic E-state index is 15.8. The maximum Gasteiger partial charge on any atom is 0.266 e. The number of rotatable bonds is 5. The fraction of sp³-hybridized carbons (Fsp3) is 0.600. The lowest BCUT2D eigenvalue weighted by molar-refractivity contribution is -0.142. The highest BCUT2D eigenvalue weighted by atomic mass is 19.1. The monoisotopic (exact) mass is 454 g/mol. The number of benzene rings is 1. The molecule has 2 N–H and O–H groups in total. The second-order valence-corrected chi connectivity index (χ2v) is 11.4. The van der Waals surface area contributed by atoms with Gasteiger partial charge in [0.2, 0.25) is 17.5 Å². The number of alkyl halides is 1. The van der Waals surface area contributed by atoms with E-state index < -0.39 is 36.0 Å². The third-order valence-electron chi connectivity index (χ3n) is 7.40. The van der Waals surface area contributed by atoms with Gasteiger partial charge in [0, 0.05) is 30.6 Å². The zero-order valence-electron chi connectivity index (χ0n) is 19.7. The first kappa shape index (κ1) is 23.2. The Morgan fingerprint density at radius 1 is 1.33 bits per heavy atom. The molecule has 1 aliphatic carbocycles. The van der Waals surface area contributed by atoms with Crippen LogP contribution in [-0.4, -0.2) is 41.2 Å². The molecule has 5 atom stereocenters. The Morgan fingerprint density at radius 2 is 2.00 bits per heavy atom. The van der Waals surface area contributed by atoms with Crippen LogP contribution in [0, 0.1) is 34.0 Å². The van der Waals surface area contributed by atoms with Crippen molar-refractivity contribution < 1.29 is 18.8 Å². The minimum absolute atomic E-state index is 0.00407. The number of halogens is 1. The van der Waals surface area contributed by atoms with Crippen molar-refractivity contribution in [3.8, 4) is 6.07 Å². The van der Waals surface area contributed by atoms with Crippen LogP contribution in [0.25, 0.3) is 0 Å². The zero-order valence-corrected chi connectivity index (χ0v) is 19.7. The predicted octanol–water partition coefficient (Wildman–Crippen LogP) is 3.12. The summed E-state index contributed by atoms with van der Waals surface area (Å²) in [6.45, 7) is 10.6. The molecule has 2 aliphatic heterocycles. The van der Waals surface area contributed by atoms with Gasteiger partial charge >= 0.3 is 0 Å². The Balaban J connectivity index is 1.52. The lowest BCUT2D eigenvalue weighted by Crippen LogP contribution is -2.53. The topological polar surface area (TPSA) is 102 Å². The Kier molecular flexibility index (Phi) is 5.31. The summed E-state index contributed by atoms with van der Waals surface area (Å²) in [4.78, 5) is 40.4. The van der Waals surface area contributed by atoms with E-state index in [0.29, 0.717) is 18.7 Å². The first-order valence-corrected chi connectivity index (χ1v) is 11.4. The van der Waals surface area contributed by atoms with E-state index >= 15 is 4.39 Å². The third kappa shape index (κ3) is 3.88. The highest BCUT2D eigenvalue weighted by Crippen LogP contribution is 2.65. The first-order valence-electron chi connectivity index (χ1n) is 11.4. The number of carbonyl (C=O) groups is 3. The molecule has 1 saturated heterocycles. The Hall–Kier alpha value is -2.95. The largest absolute Gasteiger partial charge is 0.338 e. The van der Waals surface area contributed by atoms with Gasteiger partial charge in [0.15, 0.2) is 0 Å². The number of nitrogens with zero attached hydrogens (tertiary/aromatic N) is 2. The zero-order chi connectivity index (χ0) is 24.3. The van der Waals surface area contributed by atoms with Crippen LogP contribution in [0.3, 0.4) is 0 Å². The molecule has 1 aromatic rings. The summed E-state index contributed by atoms with van der Waals surface area (Å²) in [5.41, 5.74) is -2.18. The van der Waals surface area contributed by atoms with Gasteiger partial charge in [-0.3, -0.25) is 14.4 Å². The molecule has 3 amide bonds. The van der Waals surface area contributed by atoms with Crippen LogP contribution in [0.5, 0.6) is 0 Å². The molecule has 8 heteroatoms. The summed E-state index contributed by atoms with van der Waals surface area (Å²) >= 11 is 0. The molecule has 0 bridgehead atoms. The van der Waals surface area contributed by atoms with E-state index in [4.69, 9.17) is 0 Å². The van der Waals surface area contributed by atoms with Gasteiger partial charge in [-0.05, 0) is 28.7 Å². The molecule has 0 aromatic heterocycles. The van der Waals surface area contributed by atoms with Crippen molar-refractivity contribution in [3.05, 3.63) is 29.8 Å². The van der Waals surface area contributed by atoms with Crippen LogP contribution in [0.15, 0.2) is 24.3 Å². The van der Waals surface area contributed by atoms with Crippen molar-refractivity contribution in [1.82, 2.24) is 10.2 Å². The average molecular weight is 455 g/mol. The van der Waals surface area contributed by atoms with Crippen LogP contribution in [0.2, 0.25) is 0 Å². The number of likely N-dealkylation sites (tertiary alicyclic amines) is 1. The number of fused-ring (bicyclic) bond motifs is 2. The molecule has 7 nitrogen and oxygen atoms in total. The third-order valence-corrected chi connectivity index (χ3v) is 7.40. The molecule has 3 aliphatic rings. The molecule has 1 saturated carbocycles. The van der Waals surface area contributed by atoms with Crippen molar-refractivity contribution in [2.75, 3.05) is 11.9 Å². The minimum Gasteiger partial charge on any atom is -0.338 e. The highest BCUT2D eigenvalue weighted by molar-refractivity contribution is 6.05. The molecule has 2 fully saturated rings. The molecule has 4 unspecified atom stereocenters. The van der Waals surface area contributed by atoms with Crippen LogP contribution >= 0.6 is 0 Å². The van der Waals surface area contributed by atoms with Crippen LogP contribution < -0.4 is 10.6 Å². The lowest BCUT2D eigenvalue weighted by atomic mass is 9.90. The molecule has 176 valence electrons. The normalized spacial score (nSPS) is 30.0. The van der Waals surface area contributed by atoms with Gasteiger partial charge < -0.3 is 15.5 Å². The minimum atomic E-state index is -2.41. The molecule has 0 spiro atoms. The van der Waals surface area contributed by atoms with Crippen LogP contribution in [0.4, 0.5) is 10.1 Å². The summed E-state index contributed by atoms with van der Waals surface area (Å²) in [5, 5.41) is 14.8. The van der Waals surface area contributed by atoms with Crippen molar-refractivity contribution in [2.45, 2.75) is 65.2 Å². The van der Waals surface area contributed by atoms with E-state index in [9.17, 15) is 19.6 Å². The summed E-state index contributed by atoms with van der Waals surface area (Å²) in [7, 11) is 0. The summed E-state index contributed by atoms with van der Waals surface area (Å²) in [5.74, 6) is -1.18. The van der Waals surface area contributed by atoms with Crippen LogP contribution in [0.1, 0.15) is 53.0 Å². The van der Waals surface area contributed by atoms with Crippen molar-refractivity contribution >= 4 is 23.4 Å². The molecule has 33 heavy (non-hydrogen) atoms. The number of carbonyl (C=O) groups excluding carboxylic acids is 3. The summed E-state index contributed by atoms with van der Waals surface area (Å²) in [6.07, 6.45) is -0.193. The average Bonchev–Trinajstić information content (AvgIpc) is 3.03. The number of hydrogen-bond acceptors (Lipinski definition) is 4.